The summed E-state index contributed by atoms with van der Waals surface area (Å²) < 4.78 is 22.4. The van der Waals surface area contributed by atoms with Crippen molar-refractivity contribution in [2.24, 2.45) is 0 Å². The number of ether oxygens (including phenoxy) is 4. The lowest BCUT2D eigenvalue weighted by atomic mass is 10.1. The summed E-state index contributed by atoms with van der Waals surface area (Å²) in [5.41, 5.74) is 1.10. The number of carbonyl (C=O) groups excluding carboxylic acids is 2. The molecule has 0 saturated carbocycles. The zero-order valence-electron chi connectivity index (χ0n) is 17.9. The van der Waals surface area contributed by atoms with Crippen molar-refractivity contribution in [1.82, 2.24) is 9.88 Å². The third kappa shape index (κ3) is 5.61. The average Bonchev–Trinajstić information content (AvgIpc) is 2.81. The van der Waals surface area contributed by atoms with Crippen molar-refractivity contribution < 1.29 is 28.5 Å². The Morgan fingerprint density at radius 3 is 2.71 bits per heavy atom. The van der Waals surface area contributed by atoms with Crippen molar-refractivity contribution in [2.45, 2.75) is 13.0 Å². The summed E-state index contributed by atoms with van der Waals surface area (Å²) in [6, 6.07) is 8.81. The quantitative estimate of drug-likeness (QED) is 0.474. The molecule has 3 rings (SSSR count). The summed E-state index contributed by atoms with van der Waals surface area (Å²) >= 11 is 0. The highest BCUT2D eigenvalue weighted by Gasteiger charge is 2.26. The molecule has 2 aromatic rings. The highest BCUT2D eigenvalue weighted by molar-refractivity contribution is 5.98. The Hall–Kier alpha value is -3.39. The lowest BCUT2D eigenvalue weighted by Crippen LogP contribution is -2.47. The Bertz CT molecular complexity index is 945. The second-order valence-corrected chi connectivity index (χ2v) is 6.91. The first-order chi connectivity index (χ1) is 15.0. The number of nitrogens with zero attached hydrogens (tertiary/aromatic N) is 2. The van der Waals surface area contributed by atoms with Crippen molar-refractivity contribution in [3.63, 3.8) is 0 Å². The van der Waals surface area contributed by atoms with Gasteiger partial charge in [0.25, 0.3) is 0 Å². The minimum absolute atomic E-state index is 0.123. The predicted molar refractivity (Wildman–Crippen MR) is 115 cm³/mol. The van der Waals surface area contributed by atoms with Crippen LogP contribution in [0.1, 0.15) is 23.0 Å². The maximum absolute atomic E-state index is 12.6. The van der Waals surface area contributed by atoms with Crippen molar-refractivity contribution in [2.75, 3.05) is 40.5 Å². The van der Waals surface area contributed by atoms with Crippen LogP contribution in [-0.4, -0.2) is 68.2 Å². The summed E-state index contributed by atoms with van der Waals surface area (Å²) in [5, 5.41) is 0. The number of pyridine rings is 1. The van der Waals surface area contributed by atoms with E-state index in [0.29, 0.717) is 48.2 Å². The van der Waals surface area contributed by atoms with Crippen molar-refractivity contribution >= 4 is 17.8 Å². The number of carbonyl (C=O) groups is 2. The number of ketones is 1. The maximum atomic E-state index is 12.6. The van der Waals surface area contributed by atoms with Crippen LogP contribution in [0.5, 0.6) is 17.2 Å². The molecule has 1 unspecified atom stereocenters. The highest BCUT2D eigenvalue weighted by atomic mass is 16.6. The van der Waals surface area contributed by atoms with E-state index in [4.69, 9.17) is 18.9 Å². The molecule has 1 fully saturated rings. The number of rotatable bonds is 8. The fraction of sp³-hybridized carbons (Fsp3) is 0.348. The van der Waals surface area contributed by atoms with Gasteiger partial charge in [0.2, 0.25) is 11.7 Å². The van der Waals surface area contributed by atoms with E-state index in [1.807, 2.05) is 18.2 Å². The first kappa shape index (κ1) is 22.3. The molecule has 0 N–H and O–H groups in total. The number of hydrogen-bond donors (Lipinski definition) is 0. The fourth-order valence-corrected chi connectivity index (χ4v) is 3.25. The van der Waals surface area contributed by atoms with Gasteiger partial charge in [0.15, 0.2) is 17.3 Å². The van der Waals surface area contributed by atoms with E-state index in [1.54, 1.807) is 29.3 Å². The lowest BCUT2D eigenvalue weighted by molar-refractivity contribution is -0.134. The van der Waals surface area contributed by atoms with Gasteiger partial charge in [-0.3, -0.25) is 14.6 Å². The van der Waals surface area contributed by atoms with E-state index in [2.05, 4.69) is 4.98 Å². The normalized spacial score (nSPS) is 16.2. The molecule has 2 heterocycles. The molecule has 164 valence electrons. The largest absolute Gasteiger partial charge is 0.493 e. The van der Waals surface area contributed by atoms with Crippen molar-refractivity contribution in [3.05, 3.63) is 53.9 Å². The van der Waals surface area contributed by atoms with Gasteiger partial charge in [-0.05, 0) is 37.3 Å². The third-order valence-electron chi connectivity index (χ3n) is 4.83. The van der Waals surface area contributed by atoms with Gasteiger partial charge in [0.1, 0.15) is 12.7 Å². The Morgan fingerprint density at radius 1 is 1.19 bits per heavy atom. The van der Waals surface area contributed by atoms with Gasteiger partial charge in [0.05, 0.1) is 38.6 Å². The highest BCUT2D eigenvalue weighted by Crippen LogP contribution is 2.40. The van der Waals surface area contributed by atoms with Crippen molar-refractivity contribution in [1.29, 1.82) is 0 Å². The Morgan fingerprint density at radius 2 is 2.03 bits per heavy atom. The molecular formula is C23H26N2O6. The summed E-state index contributed by atoms with van der Waals surface area (Å²) in [6.45, 7) is 2.86. The van der Waals surface area contributed by atoms with E-state index in [1.165, 1.54) is 27.2 Å². The van der Waals surface area contributed by atoms with Gasteiger partial charge in [-0.1, -0.05) is 6.07 Å². The predicted octanol–water partition coefficient (Wildman–Crippen LogP) is 2.62. The Labute approximate surface area is 181 Å². The van der Waals surface area contributed by atoms with Crippen LogP contribution in [0.25, 0.3) is 6.08 Å². The summed E-state index contributed by atoms with van der Waals surface area (Å²) in [5.74, 6) is 0.830. The number of hydrogen-bond acceptors (Lipinski definition) is 7. The van der Waals surface area contributed by atoms with Gasteiger partial charge in [-0.2, -0.15) is 0 Å². The summed E-state index contributed by atoms with van der Waals surface area (Å²) in [6.07, 6.45) is 4.51. The van der Waals surface area contributed by atoms with Crippen LogP contribution < -0.4 is 14.2 Å². The molecule has 0 spiro atoms. The van der Waals surface area contributed by atoms with E-state index in [9.17, 15) is 9.59 Å². The summed E-state index contributed by atoms with van der Waals surface area (Å²) in [4.78, 5) is 30.5. The number of benzene rings is 1. The molecule has 1 aromatic heterocycles. The fourth-order valence-electron chi connectivity index (χ4n) is 3.25. The first-order valence-corrected chi connectivity index (χ1v) is 9.91. The lowest BCUT2D eigenvalue weighted by Gasteiger charge is -2.32. The van der Waals surface area contributed by atoms with Crippen LogP contribution in [-0.2, 0) is 9.53 Å². The monoisotopic (exact) mass is 426 g/mol. The standard InChI is InChI=1S/C23H26N2O6/c1-16(26)19-8-9-20(28-2)23(29-3)22(19)31-15-18-14-25(12-13-30-18)21(27)10-7-17-6-4-5-11-24-17/h4-11,18H,12-15H2,1-3H3. The molecule has 1 aromatic carbocycles. The van der Waals surface area contributed by atoms with E-state index in [0.717, 1.165) is 0 Å². The second kappa shape index (κ2) is 10.6. The number of Topliss-reactive ketones (excluding diaryl/α,β-unsaturated/α-hetero) is 1. The third-order valence-corrected chi connectivity index (χ3v) is 4.83. The SMILES string of the molecule is COc1ccc(C(C)=O)c(OCC2CN(C(=O)C=Cc3ccccn3)CCO2)c1OC. The molecule has 1 saturated heterocycles. The van der Waals surface area contributed by atoms with Gasteiger partial charge in [-0.25, -0.2) is 0 Å². The Balaban J connectivity index is 1.67. The van der Waals surface area contributed by atoms with Crippen LogP contribution in [0, 0.1) is 0 Å². The molecule has 31 heavy (non-hydrogen) atoms. The minimum atomic E-state index is -0.350. The van der Waals surface area contributed by atoms with Crippen LogP contribution in [0.15, 0.2) is 42.6 Å². The van der Waals surface area contributed by atoms with Crippen LogP contribution in [0.2, 0.25) is 0 Å². The molecule has 8 heteroatoms. The topological polar surface area (TPSA) is 87.2 Å². The van der Waals surface area contributed by atoms with Gasteiger partial charge in [-0.15, -0.1) is 0 Å². The van der Waals surface area contributed by atoms with Gasteiger partial charge < -0.3 is 23.8 Å². The second-order valence-electron chi connectivity index (χ2n) is 6.91. The molecular weight excluding hydrogens is 400 g/mol. The molecule has 0 bridgehead atoms. The van der Waals surface area contributed by atoms with Crippen LogP contribution >= 0.6 is 0 Å². The van der Waals surface area contributed by atoms with Gasteiger partial charge in [0, 0.05) is 18.8 Å². The van der Waals surface area contributed by atoms with E-state index >= 15 is 0 Å². The number of morpholine rings is 1. The molecule has 1 aliphatic heterocycles. The first-order valence-electron chi connectivity index (χ1n) is 9.91. The van der Waals surface area contributed by atoms with E-state index in [-0.39, 0.29) is 24.4 Å². The zero-order valence-corrected chi connectivity index (χ0v) is 17.9. The van der Waals surface area contributed by atoms with Crippen LogP contribution in [0.3, 0.4) is 0 Å². The molecule has 0 radical (unpaired) electrons. The number of aromatic nitrogens is 1. The molecule has 8 nitrogen and oxygen atoms in total. The molecule has 1 atom stereocenters. The smallest absolute Gasteiger partial charge is 0.246 e. The average molecular weight is 426 g/mol. The van der Waals surface area contributed by atoms with Gasteiger partial charge >= 0.3 is 0 Å². The Kier molecular flexibility index (Phi) is 7.61. The van der Waals surface area contributed by atoms with E-state index < -0.39 is 0 Å². The minimum Gasteiger partial charge on any atom is -0.493 e. The molecule has 1 amide bonds. The number of amides is 1. The number of methoxy groups -OCH3 is 2. The van der Waals surface area contributed by atoms with Crippen LogP contribution in [0.4, 0.5) is 0 Å². The molecule has 1 aliphatic rings. The molecule has 0 aliphatic carbocycles. The van der Waals surface area contributed by atoms with Crippen molar-refractivity contribution in [3.8, 4) is 17.2 Å². The zero-order chi connectivity index (χ0) is 22.2. The maximum Gasteiger partial charge on any atom is 0.246 e. The summed E-state index contributed by atoms with van der Waals surface area (Å²) in [7, 11) is 3.00.